The lowest BCUT2D eigenvalue weighted by Crippen LogP contribution is -2.34. The van der Waals surface area contributed by atoms with Gasteiger partial charge in [0.25, 0.3) is 0 Å². The van der Waals surface area contributed by atoms with Crippen molar-refractivity contribution in [3.63, 3.8) is 0 Å². The van der Waals surface area contributed by atoms with Gasteiger partial charge in [0.2, 0.25) is 10.0 Å². The van der Waals surface area contributed by atoms with Gasteiger partial charge in [-0.3, -0.25) is 0 Å². The van der Waals surface area contributed by atoms with Crippen LogP contribution in [-0.4, -0.2) is 35.8 Å². The molecule has 8 heteroatoms. The molecule has 5 nitrogen and oxygen atoms in total. The number of aromatic nitrogens is 2. The SMILES string of the molecule is O=S(=O)(c1ccc(Cl)c(Cl)c1)N1CC=C(c2c[nH]c3ncccc23)CC1. The van der Waals surface area contributed by atoms with Crippen LogP contribution in [0.5, 0.6) is 0 Å². The molecule has 0 spiro atoms. The zero-order chi connectivity index (χ0) is 18.3. The van der Waals surface area contributed by atoms with E-state index < -0.39 is 10.0 Å². The summed E-state index contributed by atoms with van der Waals surface area (Å²) in [5, 5.41) is 1.60. The van der Waals surface area contributed by atoms with Crippen LogP contribution in [0.2, 0.25) is 10.0 Å². The van der Waals surface area contributed by atoms with E-state index in [2.05, 4.69) is 9.97 Å². The quantitative estimate of drug-likeness (QED) is 0.701. The van der Waals surface area contributed by atoms with E-state index in [-0.39, 0.29) is 9.92 Å². The van der Waals surface area contributed by atoms with Gasteiger partial charge in [0.1, 0.15) is 5.65 Å². The lowest BCUT2D eigenvalue weighted by molar-refractivity contribution is 0.441. The molecule has 1 aliphatic rings. The van der Waals surface area contributed by atoms with E-state index in [0.29, 0.717) is 24.5 Å². The predicted molar refractivity (Wildman–Crippen MR) is 104 cm³/mol. The third kappa shape index (κ3) is 3.03. The molecule has 3 aromatic rings. The minimum Gasteiger partial charge on any atom is -0.346 e. The molecule has 0 bridgehead atoms. The van der Waals surface area contributed by atoms with Crippen molar-refractivity contribution in [1.82, 2.24) is 14.3 Å². The number of H-pyrrole nitrogens is 1. The van der Waals surface area contributed by atoms with Gasteiger partial charge in [0.15, 0.2) is 0 Å². The van der Waals surface area contributed by atoms with E-state index in [1.807, 2.05) is 24.4 Å². The van der Waals surface area contributed by atoms with Gasteiger partial charge >= 0.3 is 0 Å². The molecule has 1 aromatic carbocycles. The summed E-state index contributed by atoms with van der Waals surface area (Å²) in [6.07, 6.45) is 6.24. The lowest BCUT2D eigenvalue weighted by atomic mass is 10.0. The molecule has 0 amide bonds. The summed E-state index contributed by atoms with van der Waals surface area (Å²) in [5.74, 6) is 0. The highest BCUT2D eigenvalue weighted by Gasteiger charge is 2.27. The molecular formula is C18H15Cl2N3O2S. The Morgan fingerprint density at radius 1 is 1.15 bits per heavy atom. The molecule has 1 N–H and O–H groups in total. The number of nitrogens with zero attached hydrogens (tertiary/aromatic N) is 2. The summed E-state index contributed by atoms with van der Waals surface area (Å²) < 4.78 is 27.1. The lowest BCUT2D eigenvalue weighted by Gasteiger charge is -2.26. The first-order valence-corrected chi connectivity index (χ1v) is 10.2. The van der Waals surface area contributed by atoms with Gasteiger partial charge in [-0.15, -0.1) is 0 Å². The Morgan fingerprint density at radius 2 is 2.00 bits per heavy atom. The van der Waals surface area contributed by atoms with Gasteiger partial charge in [-0.25, -0.2) is 13.4 Å². The first-order valence-electron chi connectivity index (χ1n) is 8.03. The Labute approximate surface area is 161 Å². The normalized spacial score (nSPS) is 16.0. The number of pyridine rings is 1. The van der Waals surface area contributed by atoms with E-state index in [9.17, 15) is 8.42 Å². The van der Waals surface area contributed by atoms with Crippen LogP contribution < -0.4 is 0 Å². The van der Waals surface area contributed by atoms with Crippen LogP contribution in [-0.2, 0) is 10.0 Å². The van der Waals surface area contributed by atoms with Crippen LogP contribution >= 0.6 is 23.2 Å². The first-order chi connectivity index (χ1) is 12.5. The number of hydrogen-bond acceptors (Lipinski definition) is 3. The molecule has 1 aliphatic heterocycles. The number of nitrogens with one attached hydrogen (secondary N) is 1. The molecule has 2 aromatic heterocycles. The predicted octanol–water partition coefficient (Wildman–Crippen LogP) is 4.35. The van der Waals surface area contributed by atoms with Crippen LogP contribution in [0.25, 0.3) is 16.6 Å². The van der Waals surface area contributed by atoms with Crippen molar-refractivity contribution in [2.45, 2.75) is 11.3 Å². The van der Waals surface area contributed by atoms with E-state index in [4.69, 9.17) is 23.2 Å². The molecular weight excluding hydrogens is 393 g/mol. The van der Waals surface area contributed by atoms with Crippen molar-refractivity contribution >= 4 is 49.8 Å². The van der Waals surface area contributed by atoms with Gasteiger partial charge < -0.3 is 4.98 Å². The Balaban J connectivity index is 1.61. The monoisotopic (exact) mass is 407 g/mol. The van der Waals surface area contributed by atoms with Gasteiger partial charge in [0.05, 0.1) is 14.9 Å². The van der Waals surface area contributed by atoms with Crippen molar-refractivity contribution < 1.29 is 8.42 Å². The highest BCUT2D eigenvalue weighted by atomic mass is 35.5. The molecule has 0 fully saturated rings. The van der Waals surface area contributed by atoms with E-state index >= 15 is 0 Å². The van der Waals surface area contributed by atoms with Gasteiger partial charge in [-0.1, -0.05) is 29.3 Å². The number of hydrogen-bond donors (Lipinski definition) is 1. The van der Waals surface area contributed by atoms with Crippen molar-refractivity contribution in [2.24, 2.45) is 0 Å². The number of benzene rings is 1. The second-order valence-corrected chi connectivity index (χ2v) is 8.77. The van der Waals surface area contributed by atoms with E-state index in [0.717, 1.165) is 22.2 Å². The second kappa shape index (κ2) is 6.70. The van der Waals surface area contributed by atoms with Crippen molar-refractivity contribution in [1.29, 1.82) is 0 Å². The smallest absolute Gasteiger partial charge is 0.243 e. The summed E-state index contributed by atoms with van der Waals surface area (Å²) in [7, 11) is -3.61. The molecule has 0 saturated heterocycles. The van der Waals surface area contributed by atoms with Crippen LogP contribution in [0.4, 0.5) is 0 Å². The first kappa shape index (κ1) is 17.5. The summed E-state index contributed by atoms with van der Waals surface area (Å²) in [6, 6.07) is 8.27. The fourth-order valence-electron chi connectivity index (χ4n) is 3.12. The Morgan fingerprint density at radius 3 is 2.73 bits per heavy atom. The number of halogens is 2. The van der Waals surface area contributed by atoms with Crippen LogP contribution in [0.1, 0.15) is 12.0 Å². The summed E-state index contributed by atoms with van der Waals surface area (Å²) in [6.45, 7) is 0.714. The van der Waals surface area contributed by atoms with Crippen molar-refractivity contribution in [3.05, 3.63) is 64.4 Å². The van der Waals surface area contributed by atoms with Crippen molar-refractivity contribution in [3.8, 4) is 0 Å². The summed E-state index contributed by atoms with van der Waals surface area (Å²) in [4.78, 5) is 7.60. The topological polar surface area (TPSA) is 66.1 Å². The van der Waals surface area contributed by atoms with Crippen LogP contribution in [0, 0.1) is 0 Å². The van der Waals surface area contributed by atoms with Crippen LogP contribution in [0.15, 0.2) is 53.7 Å². The molecule has 0 aliphatic carbocycles. The number of sulfonamides is 1. The Hall–Kier alpha value is -1.86. The Kier molecular flexibility index (Phi) is 4.52. The third-order valence-corrected chi connectivity index (χ3v) is 7.10. The maximum Gasteiger partial charge on any atom is 0.243 e. The highest BCUT2D eigenvalue weighted by Crippen LogP contribution is 2.31. The third-order valence-electron chi connectivity index (χ3n) is 4.50. The largest absolute Gasteiger partial charge is 0.346 e. The van der Waals surface area contributed by atoms with E-state index in [1.165, 1.54) is 22.5 Å². The fourth-order valence-corrected chi connectivity index (χ4v) is 4.89. The number of rotatable bonds is 3. The molecule has 0 unspecified atom stereocenters. The molecule has 26 heavy (non-hydrogen) atoms. The minimum atomic E-state index is -3.61. The van der Waals surface area contributed by atoms with Gasteiger partial charge in [0, 0.05) is 36.4 Å². The van der Waals surface area contributed by atoms with E-state index in [1.54, 1.807) is 6.20 Å². The standard InChI is InChI=1S/C18H15Cl2N3O2S/c19-16-4-3-13(10-17(16)20)26(24,25)23-8-5-12(6-9-23)15-11-22-18-14(15)2-1-7-21-18/h1-5,7,10-11H,6,8-9H2,(H,21,22). The molecule has 0 atom stereocenters. The van der Waals surface area contributed by atoms with Gasteiger partial charge in [-0.05, 0) is 42.3 Å². The zero-order valence-electron chi connectivity index (χ0n) is 13.6. The average molecular weight is 408 g/mol. The molecule has 3 heterocycles. The summed E-state index contributed by atoms with van der Waals surface area (Å²) >= 11 is 11.9. The molecule has 0 radical (unpaired) electrons. The summed E-state index contributed by atoms with van der Waals surface area (Å²) in [5.41, 5.74) is 3.01. The van der Waals surface area contributed by atoms with Crippen LogP contribution in [0.3, 0.4) is 0 Å². The fraction of sp³-hybridized carbons (Fsp3) is 0.167. The number of aromatic amines is 1. The maximum atomic E-state index is 12.8. The number of fused-ring (bicyclic) bond motifs is 1. The second-order valence-electron chi connectivity index (χ2n) is 6.02. The zero-order valence-corrected chi connectivity index (χ0v) is 15.9. The Bertz CT molecular complexity index is 1120. The molecule has 134 valence electrons. The molecule has 4 rings (SSSR count). The molecule has 0 saturated carbocycles. The maximum absolute atomic E-state index is 12.8. The van der Waals surface area contributed by atoms with Crippen molar-refractivity contribution in [2.75, 3.05) is 13.1 Å². The van der Waals surface area contributed by atoms with Gasteiger partial charge in [-0.2, -0.15) is 4.31 Å². The highest BCUT2D eigenvalue weighted by molar-refractivity contribution is 7.89. The average Bonchev–Trinajstić information content (AvgIpc) is 3.08. The minimum absolute atomic E-state index is 0.153.